The first-order valence-electron chi connectivity index (χ1n) is 6.13. The molecule has 2 aromatic carbocycles. The van der Waals surface area contributed by atoms with Gasteiger partial charge in [0, 0.05) is 11.4 Å². The molecular weight excluding hydrogens is 299 g/mol. The lowest BCUT2D eigenvalue weighted by Crippen LogP contribution is -2.24. The summed E-state index contributed by atoms with van der Waals surface area (Å²) in [6.07, 6.45) is 0. The zero-order chi connectivity index (χ0) is 15.2. The van der Waals surface area contributed by atoms with Crippen molar-refractivity contribution in [3.05, 3.63) is 65.5 Å². The van der Waals surface area contributed by atoms with Crippen molar-refractivity contribution < 1.29 is 18.0 Å². The van der Waals surface area contributed by atoms with Crippen molar-refractivity contribution in [3.63, 3.8) is 0 Å². The molecule has 0 aliphatic carbocycles. The van der Waals surface area contributed by atoms with Gasteiger partial charge in [-0.05, 0) is 35.9 Å². The maximum Gasteiger partial charge on any atom is 0.230 e. The summed E-state index contributed by atoms with van der Waals surface area (Å²) in [5.74, 6) is -1.80. The standard InChI is InChI=1S/C15H12F3NOS/c16-11-3-1-10(2-4-11)8-19-15(20)9-21-14-7-12(17)5-6-13(14)18/h1-7H,8-9H2,(H,19,20). The van der Waals surface area contributed by atoms with Crippen LogP contribution in [-0.4, -0.2) is 11.7 Å². The first-order chi connectivity index (χ1) is 10.0. The highest BCUT2D eigenvalue weighted by molar-refractivity contribution is 8.00. The van der Waals surface area contributed by atoms with E-state index in [-0.39, 0.29) is 28.9 Å². The third-order valence-electron chi connectivity index (χ3n) is 2.65. The number of nitrogens with one attached hydrogen (secondary N) is 1. The average Bonchev–Trinajstić information content (AvgIpc) is 2.47. The van der Waals surface area contributed by atoms with Crippen LogP contribution in [0, 0.1) is 17.5 Å². The minimum absolute atomic E-state index is 0.0262. The van der Waals surface area contributed by atoms with E-state index in [9.17, 15) is 18.0 Å². The van der Waals surface area contributed by atoms with Gasteiger partial charge in [-0.2, -0.15) is 0 Å². The SMILES string of the molecule is O=C(CSc1cc(F)ccc1F)NCc1ccc(F)cc1. The first-order valence-corrected chi connectivity index (χ1v) is 7.12. The van der Waals surface area contributed by atoms with Gasteiger partial charge in [-0.25, -0.2) is 13.2 Å². The van der Waals surface area contributed by atoms with Gasteiger partial charge >= 0.3 is 0 Å². The van der Waals surface area contributed by atoms with Crippen molar-refractivity contribution >= 4 is 17.7 Å². The number of hydrogen-bond donors (Lipinski definition) is 1. The number of thioether (sulfide) groups is 1. The summed E-state index contributed by atoms with van der Waals surface area (Å²) in [4.78, 5) is 11.7. The summed E-state index contributed by atoms with van der Waals surface area (Å²) in [7, 11) is 0. The maximum absolute atomic E-state index is 13.4. The molecular formula is C15H12F3NOS. The van der Waals surface area contributed by atoms with Gasteiger partial charge in [0.2, 0.25) is 5.91 Å². The Morgan fingerprint density at radius 3 is 2.38 bits per heavy atom. The number of hydrogen-bond acceptors (Lipinski definition) is 2. The molecule has 2 rings (SSSR count). The van der Waals surface area contributed by atoms with E-state index in [0.717, 1.165) is 35.5 Å². The molecule has 0 radical (unpaired) electrons. The number of carbonyl (C=O) groups is 1. The summed E-state index contributed by atoms with van der Waals surface area (Å²) in [6.45, 7) is 0.255. The fraction of sp³-hybridized carbons (Fsp3) is 0.133. The summed E-state index contributed by atoms with van der Waals surface area (Å²) < 4.78 is 39.0. The predicted octanol–water partition coefficient (Wildman–Crippen LogP) is 3.51. The molecule has 0 bridgehead atoms. The normalized spacial score (nSPS) is 10.4. The molecule has 0 atom stereocenters. The number of rotatable bonds is 5. The molecule has 0 saturated carbocycles. The molecule has 110 valence electrons. The summed E-state index contributed by atoms with van der Waals surface area (Å²) in [6, 6.07) is 8.83. The Labute approximate surface area is 124 Å². The van der Waals surface area contributed by atoms with Crippen LogP contribution < -0.4 is 5.32 Å². The van der Waals surface area contributed by atoms with Gasteiger partial charge in [-0.1, -0.05) is 12.1 Å². The van der Waals surface area contributed by atoms with E-state index in [1.165, 1.54) is 12.1 Å². The molecule has 0 fully saturated rings. The second kappa shape index (κ2) is 7.17. The lowest BCUT2D eigenvalue weighted by molar-refractivity contribution is -0.118. The van der Waals surface area contributed by atoms with Crippen molar-refractivity contribution in [1.29, 1.82) is 0 Å². The Kier molecular flexibility index (Phi) is 5.27. The third-order valence-corrected chi connectivity index (χ3v) is 3.69. The number of carbonyl (C=O) groups excluding carboxylic acids is 1. The van der Waals surface area contributed by atoms with E-state index in [1.807, 2.05) is 0 Å². The van der Waals surface area contributed by atoms with Gasteiger partial charge in [-0.15, -0.1) is 11.8 Å². The Balaban J connectivity index is 1.82. The quantitative estimate of drug-likeness (QED) is 0.856. The van der Waals surface area contributed by atoms with E-state index >= 15 is 0 Å². The van der Waals surface area contributed by atoms with E-state index in [2.05, 4.69) is 5.32 Å². The summed E-state index contributed by atoms with van der Waals surface area (Å²) in [5, 5.41) is 2.62. The van der Waals surface area contributed by atoms with Crippen molar-refractivity contribution in [3.8, 4) is 0 Å². The van der Waals surface area contributed by atoms with Gasteiger partial charge in [0.25, 0.3) is 0 Å². The zero-order valence-corrected chi connectivity index (χ0v) is 11.7. The topological polar surface area (TPSA) is 29.1 Å². The third kappa shape index (κ3) is 4.82. The molecule has 1 amide bonds. The predicted molar refractivity (Wildman–Crippen MR) is 75.3 cm³/mol. The molecule has 0 spiro atoms. The Bertz CT molecular complexity index is 631. The second-order valence-corrected chi connectivity index (χ2v) is 5.28. The van der Waals surface area contributed by atoms with Crippen LogP contribution in [0.4, 0.5) is 13.2 Å². The molecule has 1 N–H and O–H groups in total. The molecule has 0 aromatic heterocycles. The van der Waals surface area contributed by atoms with E-state index < -0.39 is 11.6 Å². The van der Waals surface area contributed by atoms with Crippen molar-refractivity contribution in [2.45, 2.75) is 11.4 Å². The molecule has 0 aliphatic heterocycles. The smallest absolute Gasteiger partial charge is 0.230 e. The first kappa shape index (κ1) is 15.4. The number of benzene rings is 2. The molecule has 21 heavy (non-hydrogen) atoms. The zero-order valence-electron chi connectivity index (χ0n) is 10.9. The molecule has 2 aromatic rings. The van der Waals surface area contributed by atoms with Crippen LogP contribution in [0.15, 0.2) is 47.4 Å². The number of halogens is 3. The van der Waals surface area contributed by atoms with Gasteiger partial charge in [0.15, 0.2) is 0 Å². The van der Waals surface area contributed by atoms with Gasteiger partial charge < -0.3 is 5.32 Å². The summed E-state index contributed by atoms with van der Waals surface area (Å²) in [5.41, 5.74) is 0.756. The molecule has 0 heterocycles. The molecule has 0 aliphatic rings. The highest BCUT2D eigenvalue weighted by Crippen LogP contribution is 2.22. The highest BCUT2D eigenvalue weighted by atomic mass is 32.2. The monoisotopic (exact) mass is 311 g/mol. The van der Waals surface area contributed by atoms with Crippen LogP contribution >= 0.6 is 11.8 Å². The van der Waals surface area contributed by atoms with Crippen LogP contribution in [0.1, 0.15) is 5.56 Å². The molecule has 6 heteroatoms. The molecule has 0 unspecified atom stereocenters. The Morgan fingerprint density at radius 2 is 1.67 bits per heavy atom. The molecule has 0 saturated heterocycles. The van der Waals surface area contributed by atoms with Gasteiger partial charge in [0.05, 0.1) is 5.75 Å². The van der Waals surface area contributed by atoms with Gasteiger partial charge in [-0.3, -0.25) is 4.79 Å². The van der Waals surface area contributed by atoms with Crippen LogP contribution in [0.3, 0.4) is 0 Å². The molecule has 2 nitrogen and oxygen atoms in total. The lowest BCUT2D eigenvalue weighted by Gasteiger charge is -2.06. The number of amides is 1. The fourth-order valence-corrected chi connectivity index (χ4v) is 2.38. The van der Waals surface area contributed by atoms with E-state index in [1.54, 1.807) is 12.1 Å². The minimum Gasteiger partial charge on any atom is -0.351 e. The average molecular weight is 311 g/mol. The van der Waals surface area contributed by atoms with Crippen molar-refractivity contribution in [1.82, 2.24) is 5.32 Å². The fourth-order valence-electron chi connectivity index (χ4n) is 1.59. The van der Waals surface area contributed by atoms with Crippen LogP contribution in [-0.2, 0) is 11.3 Å². The van der Waals surface area contributed by atoms with Crippen molar-refractivity contribution in [2.75, 3.05) is 5.75 Å². The van der Waals surface area contributed by atoms with E-state index in [0.29, 0.717) is 0 Å². The van der Waals surface area contributed by atoms with Crippen LogP contribution in [0.2, 0.25) is 0 Å². The second-order valence-electron chi connectivity index (χ2n) is 4.27. The van der Waals surface area contributed by atoms with Crippen LogP contribution in [0.25, 0.3) is 0 Å². The largest absolute Gasteiger partial charge is 0.351 e. The Morgan fingerprint density at radius 1 is 1.00 bits per heavy atom. The summed E-state index contributed by atoms with van der Waals surface area (Å²) >= 11 is 0.920. The minimum atomic E-state index is -0.562. The van der Waals surface area contributed by atoms with Gasteiger partial charge in [0.1, 0.15) is 17.5 Å². The lowest BCUT2D eigenvalue weighted by atomic mass is 10.2. The maximum atomic E-state index is 13.4. The highest BCUT2D eigenvalue weighted by Gasteiger charge is 2.08. The van der Waals surface area contributed by atoms with Crippen LogP contribution in [0.5, 0.6) is 0 Å². The Hall–Kier alpha value is -1.95. The van der Waals surface area contributed by atoms with E-state index in [4.69, 9.17) is 0 Å². The van der Waals surface area contributed by atoms with Crippen molar-refractivity contribution in [2.24, 2.45) is 0 Å².